The second kappa shape index (κ2) is 13.1. The fraction of sp³-hybridized carbons (Fsp3) is 0.188. The van der Waals surface area contributed by atoms with Crippen molar-refractivity contribution < 1.29 is 19.1 Å². The van der Waals surface area contributed by atoms with Crippen LogP contribution in [0.3, 0.4) is 0 Å². The zero-order chi connectivity index (χ0) is 26.7. The van der Waals surface area contributed by atoms with E-state index < -0.39 is 6.04 Å². The maximum atomic E-state index is 13.9. The number of nitrogens with one attached hydrogen (secondary N) is 1. The summed E-state index contributed by atoms with van der Waals surface area (Å²) in [5, 5.41) is 3.05. The number of carbonyl (C=O) groups excluding carboxylic acids is 2. The van der Waals surface area contributed by atoms with Crippen LogP contribution < -0.4 is 14.8 Å². The van der Waals surface area contributed by atoms with Gasteiger partial charge in [-0.3, -0.25) is 9.59 Å². The first kappa shape index (κ1) is 26.5. The number of ether oxygens (including phenoxy) is 2. The number of hydrogen-bond donors (Lipinski definition) is 1. The Morgan fingerprint density at radius 3 is 1.89 bits per heavy atom. The predicted molar refractivity (Wildman–Crippen MR) is 148 cm³/mol. The van der Waals surface area contributed by atoms with Crippen molar-refractivity contribution in [3.63, 3.8) is 0 Å². The van der Waals surface area contributed by atoms with E-state index in [-0.39, 0.29) is 24.8 Å². The van der Waals surface area contributed by atoms with Crippen molar-refractivity contribution >= 4 is 11.8 Å². The van der Waals surface area contributed by atoms with Crippen molar-refractivity contribution in [2.45, 2.75) is 25.6 Å². The maximum absolute atomic E-state index is 13.9. The molecule has 4 rings (SSSR count). The zero-order valence-corrected chi connectivity index (χ0v) is 21.7. The third kappa shape index (κ3) is 6.79. The number of amides is 2. The summed E-state index contributed by atoms with van der Waals surface area (Å²) in [6.07, 6.45) is 0.0997. The van der Waals surface area contributed by atoms with Gasteiger partial charge in [0, 0.05) is 13.1 Å². The molecule has 0 spiro atoms. The normalized spacial score (nSPS) is 11.3. The van der Waals surface area contributed by atoms with E-state index in [1.165, 1.54) is 0 Å². The van der Waals surface area contributed by atoms with Crippen LogP contribution in [0.4, 0.5) is 0 Å². The molecule has 6 nitrogen and oxygen atoms in total. The summed E-state index contributed by atoms with van der Waals surface area (Å²) in [6, 6.07) is 33.5. The Balaban J connectivity index is 1.67. The molecule has 0 radical (unpaired) electrons. The Kier molecular flexibility index (Phi) is 9.13. The van der Waals surface area contributed by atoms with Gasteiger partial charge in [0.1, 0.15) is 6.04 Å². The predicted octanol–water partition coefficient (Wildman–Crippen LogP) is 5.33. The highest BCUT2D eigenvalue weighted by molar-refractivity contribution is 5.89. The van der Waals surface area contributed by atoms with Crippen LogP contribution in [0.2, 0.25) is 0 Å². The molecular weight excluding hydrogens is 476 g/mol. The fourth-order valence-electron chi connectivity index (χ4n) is 4.36. The molecule has 0 saturated heterocycles. The van der Waals surface area contributed by atoms with Crippen LogP contribution in [-0.4, -0.2) is 30.9 Å². The van der Waals surface area contributed by atoms with Gasteiger partial charge >= 0.3 is 0 Å². The summed E-state index contributed by atoms with van der Waals surface area (Å²) >= 11 is 0. The highest BCUT2D eigenvalue weighted by Crippen LogP contribution is 2.29. The first-order chi connectivity index (χ1) is 18.6. The van der Waals surface area contributed by atoms with E-state index in [0.717, 1.165) is 22.3 Å². The lowest BCUT2D eigenvalue weighted by molar-refractivity contribution is -0.141. The quantitative estimate of drug-likeness (QED) is 0.297. The minimum Gasteiger partial charge on any atom is -0.493 e. The monoisotopic (exact) mass is 508 g/mol. The second-order valence-electron chi connectivity index (χ2n) is 8.89. The first-order valence-corrected chi connectivity index (χ1v) is 12.5. The van der Waals surface area contributed by atoms with Crippen LogP contribution in [0.25, 0.3) is 0 Å². The van der Waals surface area contributed by atoms with Gasteiger partial charge in [0.05, 0.1) is 20.6 Å². The molecule has 194 valence electrons. The summed E-state index contributed by atoms with van der Waals surface area (Å²) in [4.78, 5) is 29.3. The summed E-state index contributed by atoms with van der Waals surface area (Å²) in [7, 11) is 3.14. The van der Waals surface area contributed by atoms with E-state index in [0.29, 0.717) is 18.0 Å². The van der Waals surface area contributed by atoms with Gasteiger partial charge in [-0.15, -0.1) is 0 Å². The van der Waals surface area contributed by atoms with E-state index in [1.54, 1.807) is 31.3 Å². The molecule has 1 atom stereocenters. The Hall–Kier alpha value is -4.58. The van der Waals surface area contributed by atoms with Crippen LogP contribution >= 0.6 is 0 Å². The highest BCUT2D eigenvalue weighted by atomic mass is 16.5. The molecule has 0 aromatic heterocycles. The summed E-state index contributed by atoms with van der Waals surface area (Å²) in [5.74, 6) is 0.723. The molecule has 0 fully saturated rings. The molecule has 4 aromatic carbocycles. The van der Waals surface area contributed by atoms with Gasteiger partial charge in [0.25, 0.3) is 0 Å². The summed E-state index contributed by atoms with van der Waals surface area (Å²) in [6.45, 7) is 0.650. The van der Waals surface area contributed by atoms with Crippen molar-refractivity contribution in [1.82, 2.24) is 10.2 Å². The smallest absolute Gasteiger partial charge is 0.247 e. The zero-order valence-electron chi connectivity index (χ0n) is 21.7. The third-order valence-corrected chi connectivity index (χ3v) is 6.30. The van der Waals surface area contributed by atoms with Gasteiger partial charge in [-0.2, -0.15) is 0 Å². The number of rotatable bonds is 11. The maximum Gasteiger partial charge on any atom is 0.247 e. The first-order valence-electron chi connectivity index (χ1n) is 12.5. The average Bonchev–Trinajstić information content (AvgIpc) is 2.97. The van der Waals surface area contributed by atoms with Gasteiger partial charge in [-0.05, 0) is 34.4 Å². The lowest BCUT2D eigenvalue weighted by Crippen LogP contribution is -2.43. The lowest BCUT2D eigenvalue weighted by Gasteiger charge is -2.32. The average molecular weight is 509 g/mol. The Bertz CT molecular complexity index is 1330. The molecule has 0 aliphatic carbocycles. The van der Waals surface area contributed by atoms with E-state index >= 15 is 0 Å². The van der Waals surface area contributed by atoms with Crippen LogP contribution in [0, 0.1) is 0 Å². The molecule has 38 heavy (non-hydrogen) atoms. The molecule has 1 unspecified atom stereocenters. The molecule has 0 saturated carbocycles. The van der Waals surface area contributed by atoms with E-state index in [1.807, 2.05) is 97.1 Å². The molecule has 1 N–H and O–H groups in total. The summed E-state index contributed by atoms with van der Waals surface area (Å²) in [5.41, 5.74) is 3.43. The summed E-state index contributed by atoms with van der Waals surface area (Å²) < 4.78 is 10.8. The van der Waals surface area contributed by atoms with Crippen LogP contribution in [-0.2, 0) is 29.1 Å². The van der Waals surface area contributed by atoms with E-state index in [4.69, 9.17) is 9.47 Å². The Labute approximate surface area is 223 Å². The molecule has 0 aliphatic rings. The number of methoxy groups -OCH3 is 2. The third-order valence-electron chi connectivity index (χ3n) is 6.30. The number of nitrogens with zero attached hydrogens (tertiary/aromatic N) is 1. The molecule has 0 heterocycles. The van der Waals surface area contributed by atoms with E-state index in [2.05, 4.69) is 5.32 Å². The topological polar surface area (TPSA) is 67.9 Å². The van der Waals surface area contributed by atoms with Gasteiger partial charge in [-0.1, -0.05) is 97.1 Å². The second-order valence-corrected chi connectivity index (χ2v) is 8.89. The van der Waals surface area contributed by atoms with Crippen LogP contribution in [0.5, 0.6) is 11.5 Å². The number of benzene rings is 4. The van der Waals surface area contributed by atoms with Gasteiger partial charge in [-0.25, -0.2) is 0 Å². The molecule has 6 heteroatoms. The van der Waals surface area contributed by atoms with Crippen molar-refractivity contribution in [2.24, 2.45) is 0 Å². The molecule has 4 aromatic rings. The molecule has 0 aliphatic heterocycles. The largest absolute Gasteiger partial charge is 0.493 e. The SMILES string of the molecule is COc1ccc(CC(=O)N(Cc2ccccc2)C(C(=O)NCc2ccccc2)c2ccccc2)cc1OC. The molecular formula is C32H32N2O4. The standard InChI is InChI=1S/C32H32N2O4/c1-37-28-19-18-26(20-29(28)38-2)21-30(35)34(23-25-14-8-4-9-15-25)31(27-16-10-5-11-17-27)32(36)33-22-24-12-6-3-7-13-24/h3-20,31H,21-23H2,1-2H3,(H,33,36). The van der Waals surface area contributed by atoms with Crippen molar-refractivity contribution in [1.29, 1.82) is 0 Å². The van der Waals surface area contributed by atoms with Gasteiger partial charge < -0.3 is 19.7 Å². The fourth-order valence-corrected chi connectivity index (χ4v) is 4.36. The van der Waals surface area contributed by atoms with E-state index in [9.17, 15) is 9.59 Å². The van der Waals surface area contributed by atoms with Crippen molar-refractivity contribution in [2.75, 3.05) is 14.2 Å². The Morgan fingerprint density at radius 1 is 0.711 bits per heavy atom. The van der Waals surface area contributed by atoms with Gasteiger partial charge in [0.15, 0.2) is 11.5 Å². The highest BCUT2D eigenvalue weighted by Gasteiger charge is 2.31. The number of hydrogen-bond acceptors (Lipinski definition) is 4. The van der Waals surface area contributed by atoms with Crippen molar-refractivity contribution in [3.8, 4) is 11.5 Å². The molecule has 2 amide bonds. The van der Waals surface area contributed by atoms with Crippen molar-refractivity contribution in [3.05, 3.63) is 131 Å². The van der Waals surface area contributed by atoms with Crippen LogP contribution in [0.15, 0.2) is 109 Å². The Morgan fingerprint density at radius 2 is 1.29 bits per heavy atom. The minimum absolute atomic E-state index is 0.0997. The molecule has 0 bridgehead atoms. The van der Waals surface area contributed by atoms with Crippen LogP contribution in [0.1, 0.15) is 28.3 Å². The minimum atomic E-state index is -0.812. The number of carbonyl (C=O) groups is 2. The lowest BCUT2D eigenvalue weighted by atomic mass is 10.0. The van der Waals surface area contributed by atoms with Gasteiger partial charge in [0.2, 0.25) is 11.8 Å².